The van der Waals surface area contributed by atoms with Crippen molar-refractivity contribution < 1.29 is 36.2 Å². The maximum absolute atomic E-state index is 11.2. The van der Waals surface area contributed by atoms with E-state index in [1.165, 1.54) is 11.2 Å². The zero-order chi connectivity index (χ0) is 22.7. The van der Waals surface area contributed by atoms with Crippen molar-refractivity contribution in [2.75, 3.05) is 26.3 Å². The lowest BCUT2D eigenvalue weighted by atomic mass is 10.0. The molecule has 2 aromatic rings. The summed E-state index contributed by atoms with van der Waals surface area (Å²) in [5.41, 5.74) is 1.50. The van der Waals surface area contributed by atoms with Crippen LogP contribution in [0.1, 0.15) is 29.9 Å². The van der Waals surface area contributed by atoms with E-state index in [1.807, 2.05) is 12.1 Å². The van der Waals surface area contributed by atoms with Crippen LogP contribution in [0.25, 0.3) is 0 Å². The molecule has 2 aliphatic heterocycles. The van der Waals surface area contributed by atoms with Crippen molar-refractivity contribution in [1.82, 2.24) is 14.9 Å². The Morgan fingerprint density at radius 1 is 1.09 bits per heavy atom. The first-order valence-electron chi connectivity index (χ1n) is 10.1. The maximum Gasteiger partial charge on any atom is 0.407 e. The smallest absolute Gasteiger partial charge is 0.407 e. The van der Waals surface area contributed by atoms with Gasteiger partial charge in [0, 0.05) is 31.8 Å². The van der Waals surface area contributed by atoms with E-state index >= 15 is 0 Å². The first kappa shape index (κ1) is 22.2. The van der Waals surface area contributed by atoms with Crippen molar-refractivity contribution in [2.45, 2.75) is 31.8 Å². The Hall–Kier alpha value is -2.96. The predicted molar refractivity (Wildman–Crippen MR) is 110 cm³/mol. The molecule has 0 bridgehead atoms. The first-order valence-corrected chi connectivity index (χ1v) is 11.4. The third-order valence-corrected chi connectivity index (χ3v) is 6.23. The zero-order valence-corrected chi connectivity index (χ0v) is 18.2. The van der Waals surface area contributed by atoms with Crippen LogP contribution in [0.15, 0.2) is 30.6 Å². The van der Waals surface area contributed by atoms with Crippen molar-refractivity contribution in [3.05, 3.63) is 41.7 Å². The Kier molecular flexibility index (Phi) is 6.44. The minimum absolute atomic E-state index is 0.0274. The predicted octanol–water partition coefficient (Wildman–Crippen LogP) is 2.47. The molecule has 3 heterocycles. The maximum atomic E-state index is 11.2. The second-order valence-corrected chi connectivity index (χ2v) is 8.83. The Bertz CT molecular complexity index is 1050. The molecule has 0 saturated carbocycles. The molecule has 1 aromatic carbocycles. The highest BCUT2D eigenvalue weighted by Crippen LogP contribution is 2.30. The summed E-state index contributed by atoms with van der Waals surface area (Å²) < 4.78 is 43.7. The molecule has 12 heteroatoms. The number of hydrogen-bond donors (Lipinski definition) is 1. The van der Waals surface area contributed by atoms with E-state index in [0.717, 1.165) is 5.56 Å². The van der Waals surface area contributed by atoms with Gasteiger partial charge in [-0.05, 0) is 24.6 Å². The van der Waals surface area contributed by atoms with Crippen LogP contribution in [0.3, 0.4) is 0 Å². The molecule has 0 spiro atoms. The van der Waals surface area contributed by atoms with E-state index < -0.39 is 16.5 Å². The Morgan fingerprint density at radius 2 is 1.72 bits per heavy atom. The molecule has 1 amide bonds. The van der Waals surface area contributed by atoms with Gasteiger partial charge in [0.05, 0.1) is 18.8 Å². The Morgan fingerprint density at radius 3 is 2.34 bits per heavy atom. The van der Waals surface area contributed by atoms with Gasteiger partial charge < -0.3 is 19.5 Å². The largest absolute Gasteiger partial charge is 0.474 e. The molecule has 0 unspecified atom stereocenters. The van der Waals surface area contributed by atoms with Gasteiger partial charge in [-0.25, -0.2) is 23.1 Å². The van der Waals surface area contributed by atoms with Crippen LogP contribution in [0, 0.1) is 6.92 Å². The molecule has 1 N–H and O–H groups in total. The number of piperidine rings is 1. The summed E-state index contributed by atoms with van der Waals surface area (Å²) in [6.07, 6.45) is 1.48. The van der Waals surface area contributed by atoms with Gasteiger partial charge in [-0.2, -0.15) is 8.42 Å². The summed E-state index contributed by atoms with van der Waals surface area (Å²) in [7, 11) is -3.88. The lowest BCUT2D eigenvalue weighted by molar-refractivity contribution is 0.0864. The Balaban J connectivity index is 1.38. The van der Waals surface area contributed by atoms with Crippen LogP contribution in [-0.2, 0) is 18.8 Å². The number of hydrogen-bond acceptors (Lipinski definition) is 9. The summed E-state index contributed by atoms with van der Waals surface area (Å²) in [4.78, 5) is 20.8. The third kappa shape index (κ3) is 5.26. The second kappa shape index (κ2) is 9.27. The van der Waals surface area contributed by atoms with E-state index in [9.17, 15) is 13.2 Å². The molecular weight excluding hydrogens is 442 g/mol. The van der Waals surface area contributed by atoms with Crippen LogP contribution in [0.4, 0.5) is 4.79 Å². The molecular formula is C20H23N3O8S. The van der Waals surface area contributed by atoms with Crippen molar-refractivity contribution >= 4 is 16.5 Å². The topological polar surface area (TPSA) is 137 Å². The SMILES string of the molecule is Cc1c(Oc2ccc(C3COS(=O)(=O)OC3)cc2)ncnc1OC1CCN(C(=O)O)CC1. The van der Waals surface area contributed by atoms with Crippen LogP contribution in [0.5, 0.6) is 17.5 Å². The average molecular weight is 465 g/mol. The summed E-state index contributed by atoms with van der Waals surface area (Å²) in [6, 6.07) is 7.13. The quantitative estimate of drug-likeness (QED) is 0.701. The number of likely N-dealkylation sites (tertiary alicyclic amines) is 1. The van der Waals surface area contributed by atoms with Gasteiger partial charge in [0.2, 0.25) is 11.8 Å². The highest BCUT2D eigenvalue weighted by atomic mass is 32.3. The fraction of sp³-hybridized carbons (Fsp3) is 0.450. The van der Waals surface area contributed by atoms with E-state index in [4.69, 9.17) is 22.9 Å². The van der Waals surface area contributed by atoms with Gasteiger partial charge in [0.15, 0.2) is 0 Å². The normalized spacial score (nSPS) is 19.5. The second-order valence-electron chi connectivity index (χ2n) is 7.54. The zero-order valence-electron chi connectivity index (χ0n) is 17.3. The van der Waals surface area contributed by atoms with Crippen LogP contribution >= 0.6 is 0 Å². The molecule has 2 fully saturated rings. The molecule has 4 rings (SSSR count). The first-order chi connectivity index (χ1) is 15.3. The van der Waals surface area contributed by atoms with Gasteiger partial charge in [-0.3, -0.25) is 0 Å². The fourth-order valence-electron chi connectivity index (χ4n) is 3.49. The number of amides is 1. The third-order valence-electron chi connectivity index (χ3n) is 5.38. The summed E-state index contributed by atoms with van der Waals surface area (Å²) in [5.74, 6) is 1.10. The van der Waals surface area contributed by atoms with Gasteiger partial charge >= 0.3 is 16.5 Å². The molecule has 0 radical (unpaired) electrons. The van der Waals surface area contributed by atoms with Crippen molar-refractivity contribution in [3.63, 3.8) is 0 Å². The fourth-order valence-corrected chi connectivity index (χ4v) is 4.22. The molecule has 32 heavy (non-hydrogen) atoms. The van der Waals surface area contributed by atoms with E-state index in [2.05, 4.69) is 9.97 Å². The van der Waals surface area contributed by atoms with E-state index in [1.54, 1.807) is 19.1 Å². The molecule has 0 atom stereocenters. The highest BCUT2D eigenvalue weighted by molar-refractivity contribution is 7.81. The number of ether oxygens (including phenoxy) is 2. The summed E-state index contributed by atoms with van der Waals surface area (Å²) in [6.45, 7) is 2.69. The number of benzene rings is 1. The van der Waals surface area contributed by atoms with Gasteiger partial charge in [0.1, 0.15) is 18.2 Å². The van der Waals surface area contributed by atoms with Crippen molar-refractivity contribution in [1.29, 1.82) is 0 Å². The molecule has 172 valence electrons. The molecule has 2 aliphatic rings. The van der Waals surface area contributed by atoms with E-state index in [-0.39, 0.29) is 25.2 Å². The number of rotatable bonds is 5. The van der Waals surface area contributed by atoms with Gasteiger partial charge in [0.25, 0.3) is 0 Å². The lowest BCUT2D eigenvalue weighted by Crippen LogP contribution is -2.41. The van der Waals surface area contributed by atoms with Crippen LogP contribution < -0.4 is 9.47 Å². The lowest BCUT2D eigenvalue weighted by Gasteiger charge is -2.30. The average Bonchev–Trinajstić information content (AvgIpc) is 2.77. The minimum Gasteiger partial charge on any atom is -0.474 e. The molecule has 11 nitrogen and oxygen atoms in total. The van der Waals surface area contributed by atoms with Gasteiger partial charge in [-0.15, -0.1) is 0 Å². The van der Waals surface area contributed by atoms with E-state index in [0.29, 0.717) is 49.0 Å². The van der Waals surface area contributed by atoms with Crippen LogP contribution in [-0.4, -0.2) is 66.9 Å². The monoisotopic (exact) mass is 465 g/mol. The number of aromatic nitrogens is 2. The summed E-state index contributed by atoms with van der Waals surface area (Å²) in [5, 5.41) is 9.06. The summed E-state index contributed by atoms with van der Waals surface area (Å²) >= 11 is 0. The molecule has 2 saturated heterocycles. The Labute approximate surface area is 185 Å². The number of carboxylic acid groups (broad SMARTS) is 1. The minimum atomic E-state index is -3.88. The molecule has 1 aromatic heterocycles. The van der Waals surface area contributed by atoms with Crippen molar-refractivity contribution in [3.8, 4) is 17.5 Å². The highest BCUT2D eigenvalue weighted by Gasteiger charge is 2.27. The van der Waals surface area contributed by atoms with Crippen molar-refractivity contribution in [2.24, 2.45) is 0 Å². The number of nitrogens with zero attached hydrogens (tertiary/aromatic N) is 3. The van der Waals surface area contributed by atoms with Crippen LogP contribution in [0.2, 0.25) is 0 Å². The standard InChI is InChI=1S/C20H23N3O8S/c1-13-18(21-12-22-19(13)31-17-6-8-23(9-7-17)20(24)25)30-16-4-2-14(3-5-16)15-10-28-32(26,27)29-11-15/h2-5,12,15,17H,6-11H2,1H3,(H,24,25). The van der Waals surface area contributed by atoms with Gasteiger partial charge in [-0.1, -0.05) is 12.1 Å². The number of carbonyl (C=O) groups is 1. The molecule has 0 aliphatic carbocycles.